The van der Waals surface area contributed by atoms with Crippen molar-refractivity contribution in [1.82, 2.24) is 15.0 Å². The minimum atomic E-state index is -0.147. The average Bonchev–Trinajstić information content (AvgIpc) is 3.94. The number of fused-ring (bicyclic) bond motifs is 9. The van der Waals surface area contributed by atoms with Crippen molar-refractivity contribution in [3.05, 3.63) is 187 Å². The van der Waals surface area contributed by atoms with Crippen LogP contribution in [0.2, 0.25) is 0 Å². The lowest BCUT2D eigenvalue weighted by Crippen LogP contribution is -2.16. The third-order valence-corrected chi connectivity index (χ3v) is 13.3. The Balaban J connectivity index is 1.11. The van der Waals surface area contributed by atoms with E-state index in [2.05, 4.69) is 172 Å². The highest BCUT2D eigenvalue weighted by Gasteiger charge is 2.37. The highest BCUT2D eigenvalue weighted by Crippen LogP contribution is 2.52. The van der Waals surface area contributed by atoms with Crippen LogP contribution in [0.25, 0.3) is 110 Å². The third-order valence-electron chi connectivity index (χ3n) is 12.2. The molecule has 0 bridgehead atoms. The summed E-state index contributed by atoms with van der Waals surface area (Å²) in [4.78, 5) is 16.1. The van der Waals surface area contributed by atoms with E-state index in [4.69, 9.17) is 19.4 Å². The summed E-state index contributed by atoms with van der Waals surface area (Å²) in [6.45, 7) is 4.69. The van der Waals surface area contributed by atoms with Gasteiger partial charge in [-0.05, 0) is 74.8 Å². The Labute approximate surface area is 345 Å². The van der Waals surface area contributed by atoms with Crippen molar-refractivity contribution >= 4 is 53.4 Å². The molecule has 0 spiro atoms. The molecule has 3 heterocycles. The van der Waals surface area contributed by atoms with Crippen molar-refractivity contribution in [1.29, 1.82) is 0 Å². The smallest absolute Gasteiger partial charge is 0.164 e. The van der Waals surface area contributed by atoms with E-state index in [-0.39, 0.29) is 5.41 Å². The van der Waals surface area contributed by atoms with Crippen molar-refractivity contribution in [2.24, 2.45) is 0 Å². The summed E-state index contributed by atoms with van der Waals surface area (Å²) in [6.07, 6.45) is 0. The molecule has 0 amide bonds. The lowest BCUT2D eigenvalue weighted by Gasteiger charge is -2.24. The van der Waals surface area contributed by atoms with Crippen LogP contribution in [0, 0.1) is 0 Å². The molecule has 5 heteroatoms. The summed E-state index contributed by atoms with van der Waals surface area (Å²) >= 11 is 1.80. The van der Waals surface area contributed by atoms with Gasteiger partial charge in [-0.1, -0.05) is 159 Å². The standard InChI is InChI=1S/C54H35N3OS/c1-54(2)43-25-10-8-18-36(43)37-22-12-21-35(50(37)54)33-29-30-44-42(31-33)48-40(23-13-26-45(48)58-44)52-55-51(38-19-7-6-17-34(38)32-15-4-3-5-16-32)56-53(57-52)41-24-14-28-47-49(41)39-20-9-11-27-46(39)59-47/h3-31H,1-2H3. The number of furan rings is 1. The molecule has 8 aromatic carbocycles. The Morgan fingerprint density at radius 2 is 1.00 bits per heavy atom. The highest BCUT2D eigenvalue weighted by molar-refractivity contribution is 7.25. The van der Waals surface area contributed by atoms with Gasteiger partial charge in [0.15, 0.2) is 17.5 Å². The van der Waals surface area contributed by atoms with Gasteiger partial charge >= 0.3 is 0 Å². The zero-order valence-corrected chi connectivity index (χ0v) is 33.2. The van der Waals surface area contributed by atoms with Gasteiger partial charge in [0.25, 0.3) is 0 Å². The first-order chi connectivity index (χ1) is 29.0. The molecular formula is C54H35N3OS. The van der Waals surface area contributed by atoms with Crippen LogP contribution >= 0.6 is 11.3 Å². The quantitative estimate of drug-likeness (QED) is 0.175. The van der Waals surface area contributed by atoms with Crippen LogP contribution in [-0.4, -0.2) is 15.0 Å². The van der Waals surface area contributed by atoms with Gasteiger partial charge < -0.3 is 4.42 Å². The minimum Gasteiger partial charge on any atom is -0.456 e. The fourth-order valence-corrected chi connectivity index (χ4v) is 10.6. The highest BCUT2D eigenvalue weighted by atomic mass is 32.1. The van der Waals surface area contributed by atoms with Gasteiger partial charge in [0.2, 0.25) is 0 Å². The maximum absolute atomic E-state index is 6.62. The molecule has 12 rings (SSSR count). The first-order valence-corrected chi connectivity index (χ1v) is 20.8. The van der Waals surface area contributed by atoms with Crippen molar-refractivity contribution in [3.63, 3.8) is 0 Å². The van der Waals surface area contributed by atoms with Crippen molar-refractivity contribution in [2.45, 2.75) is 19.3 Å². The maximum atomic E-state index is 6.62. The molecule has 11 aromatic rings. The predicted octanol–water partition coefficient (Wildman–Crippen LogP) is 14.8. The van der Waals surface area contributed by atoms with E-state index in [1.165, 1.54) is 42.6 Å². The monoisotopic (exact) mass is 773 g/mol. The Bertz CT molecular complexity index is 3490. The van der Waals surface area contributed by atoms with Crippen LogP contribution in [0.4, 0.5) is 0 Å². The first-order valence-electron chi connectivity index (χ1n) is 20.0. The van der Waals surface area contributed by atoms with Gasteiger partial charge in [-0.3, -0.25) is 0 Å². The maximum Gasteiger partial charge on any atom is 0.164 e. The van der Waals surface area contributed by atoms with E-state index in [1.54, 1.807) is 11.3 Å². The summed E-state index contributed by atoms with van der Waals surface area (Å²) in [5.41, 5.74) is 14.2. The number of benzene rings is 8. The molecule has 0 aliphatic heterocycles. The van der Waals surface area contributed by atoms with Crippen LogP contribution in [0.5, 0.6) is 0 Å². The number of nitrogens with zero attached hydrogens (tertiary/aromatic N) is 3. The molecule has 3 aromatic heterocycles. The molecule has 0 atom stereocenters. The molecule has 0 unspecified atom stereocenters. The molecular weight excluding hydrogens is 739 g/mol. The Hall–Kier alpha value is -7.21. The second-order valence-electron chi connectivity index (χ2n) is 15.9. The van der Waals surface area contributed by atoms with E-state index in [0.29, 0.717) is 17.5 Å². The SMILES string of the molecule is CC1(C)c2ccccc2-c2cccc(-c3ccc4oc5cccc(-c6nc(-c7ccccc7-c7ccccc7)nc(-c7cccc8sc9ccccc9c78)n6)c5c4c3)c21. The Kier molecular flexibility index (Phi) is 7.41. The van der Waals surface area contributed by atoms with Crippen LogP contribution in [0.15, 0.2) is 180 Å². The molecule has 0 fully saturated rings. The molecule has 4 nitrogen and oxygen atoms in total. The second-order valence-corrected chi connectivity index (χ2v) is 17.0. The number of thiophene rings is 1. The van der Waals surface area contributed by atoms with Gasteiger partial charge in [-0.25, -0.2) is 15.0 Å². The van der Waals surface area contributed by atoms with Gasteiger partial charge in [0, 0.05) is 53.1 Å². The Morgan fingerprint density at radius 1 is 0.407 bits per heavy atom. The summed E-state index contributed by atoms with van der Waals surface area (Å²) in [7, 11) is 0. The van der Waals surface area contributed by atoms with Gasteiger partial charge in [-0.2, -0.15) is 0 Å². The largest absolute Gasteiger partial charge is 0.456 e. The Morgan fingerprint density at radius 3 is 1.83 bits per heavy atom. The fraction of sp³-hybridized carbons (Fsp3) is 0.0556. The van der Waals surface area contributed by atoms with Gasteiger partial charge in [-0.15, -0.1) is 11.3 Å². The van der Waals surface area contributed by atoms with Gasteiger partial charge in [0.1, 0.15) is 11.2 Å². The van der Waals surface area contributed by atoms with Gasteiger partial charge in [0.05, 0.1) is 0 Å². The van der Waals surface area contributed by atoms with Crippen LogP contribution in [-0.2, 0) is 5.41 Å². The van der Waals surface area contributed by atoms with E-state index < -0.39 is 0 Å². The normalized spacial score (nSPS) is 13.1. The third kappa shape index (κ3) is 5.18. The summed E-state index contributed by atoms with van der Waals surface area (Å²) in [6, 6.07) is 62.2. The molecule has 1 aliphatic rings. The summed E-state index contributed by atoms with van der Waals surface area (Å²) < 4.78 is 9.06. The zero-order chi connectivity index (χ0) is 39.2. The molecule has 0 saturated carbocycles. The van der Waals surface area contributed by atoms with E-state index >= 15 is 0 Å². The van der Waals surface area contributed by atoms with E-state index in [1.807, 2.05) is 18.2 Å². The second kappa shape index (κ2) is 12.9. The average molecular weight is 774 g/mol. The molecule has 1 aliphatic carbocycles. The predicted molar refractivity (Wildman–Crippen MR) is 245 cm³/mol. The van der Waals surface area contributed by atoms with Crippen molar-refractivity contribution < 1.29 is 4.42 Å². The number of rotatable bonds is 5. The topological polar surface area (TPSA) is 51.8 Å². The van der Waals surface area contributed by atoms with Crippen molar-refractivity contribution in [2.75, 3.05) is 0 Å². The van der Waals surface area contributed by atoms with Crippen LogP contribution in [0.1, 0.15) is 25.0 Å². The van der Waals surface area contributed by atoms with E-state index in [9.17, 15) is 0 Å². The molecule has 59 heavy (non-hydrogen) atoms. The molecule has 0 radical (unpaired) electrons. The molecule has 0 N–H and O–H groups in total. The van der Waals surface area contributed by atoms with E-state index in [0.717, 1.165) is 60.7 Å². The first kappa shape index (κ1) is 33.9. The molecule has 0 saturated heterocycles. The number of hydrogen-bond donors (Lipinski definition) is 0. The summed E-state index contributed by atoms with van der Waals surface area (Å²) in [5.74, 6) is 1.85. The van der Waals surface area contributed by atoms with Crippen LogP contribution in [0.3, 0.4) is 0 Å². The number of hydrogen-bond acceptors (Lipinski definition) is 5. The molecule has 278 valence electrons. The fourth-order valence-electron chi connectivity index (χ4n) is 9.51. The number of aromatic nitrogens is 3. The minimum absolute atomic E-state index is 0.147. The van der Waals surface area contributed by atoms with Crippen LogP contribution < -0.4 is 0 Å². The zero-order valence-electron chi connectivity index (χ0n) is 32.4. The summed E-state index contributed by atoms with van der Waals surface area (Å²) in [5, 5.41) is 4.37. The van der Waals surface area contributed by atoms with Crippen molar-refractivity contribution in [3.8, 4) is 67.5 Å². The lowest BCUT2D eigenvalue weighted by molar-refractivity contribution is 0.662. The lowest BCUT2D eigenvalue weighted by atomic mass is 9.79.